The van der Waals surface area contributed by atoms with E-state index in [4.69, 9.17) is 9.47 Å². The van der Waals surface area contributed by atoms with Crippen LogP contribution in [0, 0.1) is 11.8 Å². The van der Waals surface area contributed by atoms with Gasteiger partial charge < -0.3 is 29.3 Å². The number of amides is 2. The molecule has 40 heavy (non-hydrogen) atoms. The van der Waals surface area contributed by atoms with Gasteiger partial charge in [-0.1, -0.05) is 34.7 Å². The molecule has 2 amide bonds. The largest absolute Gasteiger partial charge is 0.461 e. The van der Waals surface area contributed by atoms with Gasteiger partial charge in [-0.15, -0.1) is 6.58 Å². The van der Waals surface area contributed by atoms with E-state index in [2.05, 4.69) is 47.8 Å². The Bertz CT molecular complexity index is 1110. The second kappa shape index (κ2) is 12.9. The van der Waals surface area contributed by atoms with Crippen molar-refractivity contribution in [2.45, 2.75) is 55.7 Å². The SMILES string of the molecule is C=CCOC(=O)[C@H]1[C@H]2C(=O)N(CCCCO)C(C(=O)N(CC=C)c3ccc(N(CC)CC)cc3)C23CC(Br)[C@@H]1O3. The van der Waals surface area contributed by atoms with Gasteiger partial charge in [-0.05, 0) is 57.4 Å². The van der Waals surface area contributed by atoms with Crippen LogP contribution >= 0.6 is 15.9 Å². The van der Waals surface area contributed by atoms with Gasteiger partial charge in [0.1, 0.15) is 18.2 Å². The predicted octanol–water partition coefficient (Wildman–Crippen LogP) is 3.30. The lowest BCUT2D eigenvalue weighted by Gasteiger charge is -2.37. The summed E-state index contributed by atoms with van der Waals surface area (Å²) < 4.78 is 11.9. The number of anilines is 2. The number of hydrogen-bond acceptors (Lipinski definition) is 7. The summed E-state index contributed by atoms with van der Waals surface area (Å²) in [7, 11) is 0. The van der Waals surface area contributed by atoms with Crippen LogP contribution in [0.15, 0.2) is 49.6 Å². The molecule has 1 N–H and O–H groups in total. The van der Waals surface area contributed by atoms with Crippen LogP contribution in [-0.4, -0.2) is 89.8 Å². The molecule has 3 unspecified atom stereocenters. The smallest absolute Gasteiger partial charge is 0.312 e. The van der Waals surface area contributed by atoms with Gasteiger partial charge in [0.25, 0.3) is 5.91 Å². The fourth-order valence-corrected chi connectivity index (χ4v) is 7.52. The Balaban J connectivity index is 1.73. The van der Waals surface area contributed by atoms with E-state index in [1.807, 2.05) is 24.3 Å². The number of fused-ring (bicyclic) bond motifs is 1. The van der Waals surface area contributed by atoms with Crippen molar-refractivity contribution in [3.8, 4) is 0 Å². The number of ether oxygens (including phenoxy) is 2. The normalized spacial score (nSPS) is 28.4. The zero-order valence-electron chi connectivity index (χ0n) is 23.3. The molecule has 1 aromatic rings. The van der Waals surface area contributed by atoms with Crippen molar-refractivity contribution in [2.24, 2.45) is 11.8 Å². The van der Waals surface area contributed by atoms with Crippen molar-refractivity contribution in [1.29, 1.82) is 0 Å². The summed E-state index contributed by atoms with van der Waals surface area (Å²) in [5.41, 5.74) is 0.569. The topological polar surface area (TPSA) is 99.6 Å². The number of likely N-dealkylation sites (tertiary alicyclic amines) is 1. The first-order valence-corrected chi connectivity index (χ1v) is 15.0. The minimum atomic E-state index is -1.18. The zero-order chi connectivity index (χ0) is 29.0. The van der Waals surface area contributed by atoms with E-state index in [0.717, 1.165) is 18.8 Å². The fraction of sp³-hybridized carbons (Fsp3) is 0.567. The van der Waals surface area contributed by atoms with Crippen LogP contribution in [0.2, 0.25) is 0 Å². The summed E-state index contributed by atoms with van der Waals surface area (Å²) in [6.07, 6.45) is 3.98. The van der Waals surface area contributed by atoms with E-state index in [0.29, 0.717) is 24.9 Å². The minimum absolute atomic E-state index is 0.0186. The highest BCUT2D eigenvalue weighted by Gasteiger charge is 2.77. The molecule has 9 nitrogen and oxygen atoms in total. The first kappa shape index (κ1) is 30.3. The maximum absolute atomic E-state index is 14.5. The van der Waals surface area contributed by atoms with Crippen LogP contribution in [0.3, 0.4) is 0 Å². The first-order valence-electron chi connectivity index (χ1n) is 14.1. The molecular weight excluding hydrogens is 578 g/mol. The third-order valence-electron chi connectivity index (χ3n) is 8.31. The highest BCUT2D eigenvalue weighted by atomic mass is 79.9. The molecule has 3 heterocycles. The average molecular weight is 619 g/mol. The van der Waals surface area contributed by atoms with E-state index in [9.17, 15) is 19.5 Å². The van der Waals surface area contributed by atoms with E-state index >= 15 is 0 Å². The monoisotopic (exact) mass is 617 g/mol. The van der Waals surface area contributed by atoms with Gasteiger partial charge in [0.2, 0.25) is 5.91 Å². The van der Waals surface area contributed by atoms with Crippen molar-refractivity contribution in [2.75, 3.05) is 49.2 Å². The Morgan fingerprint density at radius 3 is 2.45 bits per heavy atom. The Labute approximate surface area is 244 Å². The lowest BCUT2D eigenvalue weighted by atomic mass is 9.70. The molecule has 0 saturated carbocycles. The van der Waals surface area contributed by atoms with Crippen molar-refractivity contribution in [1.82, 2.24) is 4.90 Å². The van der Waals surface area contributed by atoms with Crippen LogP contribution in [-0.2, 0) is 23.9 Å². The zero-order valence-corrected chi connectivity index (χ0v) is 24.9. The number of carbonyl (C=O) groups excluding carboxylic acids is 3. The Morgan fingerprint density at radius 1 is 1.18 bits per heavy atom. The fourth-order valence-electron chi connectivity index (χ4n) is 6.58. The predicted molar refractivity (Wildman–Crippen MR) is 157 cm³/mol. The summed E-state index contributed by atoms with van der Waals surface area (Å²) in [4.78, 5) is 46.9. The van der Waals surface area contributed by atoms with Crippen molar-refractivity contribution < 1.29 is 29.0 Å². The molecule has 3 aliphatic heterocycles. The number of halogens is 1. The number of carbonyl (C=O) groups is 3. The maximum Gasteiger partial charge on any atom is 0.312 e. The lowest BCUT2D eigenvalue weighted by Crippen LogP contribution is -2.57. The minimum Gasteiger partial charge on any atom is -0.461 e. The molecule has 6 atom stereocenters. The molecule has 2 bridgehead atoms. The molecule has 4 rings (SSSR count). The molecule has 1 spiro atoms. The Morgan fingerprint density at radius 2 is 1.85 bits per heavy atom. The summed E-state index contributed by atoms with van der Waals surface area (Å²) in [5.74, 6) is -2.75. The van der Waals surface area contributed by atoms with Crippen molar-refractivity contribution in [3.63, 3.8) is 0 Å². The van der Waals surface area contributed by atoms with Crippen LogP contribution in [0.1, 0.15) is 33.1 Å². The molecule has 0 radical (unpaired) electrons. The number of unbranched alkanes of at least 4 members (excludes halogenated alkanes) is 1. The standard InChI is InChI=1S/C30H40BrN3O6/c1-5-15-33(21-13-11-20(12-14-21)32(7-3)8-4)28(37)26-30-19-22(31)25(40-30)23(29(38)39-18-6-2)24(30)27(36)34(26)16-9-10-17-35/h5-6,11-14,22-26,35H,1-2,7-10,15-19H2,3-4H3/t22?,23-,24-,25-,26?,30?/m0/s1. The van der Waals surface area contributed by atoms with E-state index in [1.165, 1.54) is 6.08 Å². The van der Waals surface area contributed by atoms with Crippen molar-refractivity contribution in [3.05, 3.63) is 49.6 Å². The van der Waals surface area contributed by atoms with Crippen molar-refractivity contribution >= 4 is 45.1 Å². The van der Waals surface area contributed by atoms with E-state index < -0.39 is 35.6 Å². The van der Waals surface area contributed by atoms with Gasteiger partial charge in [-0.3, -0.25) is 14.4 Å². The summed E-state index contributed by atoms with van der Waals surface area (Å²) in [5, 5.41) is 9.39. The Kier molecular flexibility index (Phi) is 9.74. The van der Waals surface area contributed by atoms with Crippen LogP contribution in [0.25, 0.3) is 0 Å². The number of benzene rings is 1. The number of aliphatic hydroxyl groups excluding tert-OH is 1. The molecule has 0 aromatic heterocycles. The third-order valence-corrected chi connectivity index (χ3v) is 9.16. The third kappa shape index (κ3) is 5.21. The number of rotatable bonds is 14. The van der Waals surface area contributed by atoms with E-state index in [-0.39, 0.29) is 42.9 Å². The van der Waals surface area contributed by atoms with Gasteiger partial charge in [0, 0.05) is 49.0 Å². The molecule has 3 saturated heterocycles. The lowest BCUT2D eigenvalue weighted by molar-refractivity contribution is -0.153. The number of hydrogen-bond donors (Lipinski definition) is 1. The van der Waals surface area contributed by atoms with E-state index in [1.54, 1.807) is 15.9 Å². The highest BCUT2D eigenvalue weighted by Crippen LogP contribution is 2.60. The quantitative estimate of drug-likeness (QED) is 0.148. The second-order valence-electron chi connectivity index (χ2n) is 10.5. The van der Waals surface area contributed by atoms with Gasteiger partial charge >= 0.3 is 5.97 Å². The molecule has 3 aliphatic rings. The average Bonchev–Trinajstić information content (AvgIpc) is 3.54. The number of esters is 1. The summed E-state index contributed by atoms with van der Waals surface area (Å²) in [6.45, 7) is 13.9. The number of aliphatic hydroxyl groups is 1. The highest BCUT2D eigenvalue weighted by molar-refractivity contribution is 9.09. The number of alkyl halides is 1. The van der Waals surface area contributed by atoms with Gasteiger partial charge in [-0.25, -0.2) is 0 Å². The van der Waals surface area contributed by atoms with Gasteiger partial charge in [0.15, 0.2) is 0 Å². The Hall–Kier alpha value is -2.69. The van der Waals surface area contributed by atoms with Gasteiger partial charge in [0.05, 0.1) is 17.9 Å². The first-order chi connectivity index (χ1) is 19.3. The molecular formula is C30H40BrN3O6. The molecule has 0 aliphatic carbocycles. The molecule has 10 heteroatoms. The van der Waals surface area contributed by atoms with Crippen LogP contribution in [0.5, 0.6) is 0 Å². The molecule has 3 fully saturated rings. The van der Waals surface area contributed by atoms with Crippen LogP contribution < -0.4 is 9.80 Å². The number of nitrogens with zero attached hydrogens (tertiary/aromatic N) is 3. The maximum atomic E-state index is 14.5. The summed E-state index contributed by atoms with van der Waals surface area (Å²) in [6, 6.07) is 6.86. The molecule has 1 aromatic carbocycles. The summed E-state index contributed by atoms with van der Waals surface area (Å²) >= 11 is 3.67. The second-order valence-corrected chi connectivity index (χ2v) is 11.6. The van der Waals surface area contributed by atoms with Gasteiger partial charge in [-0.2, -0.15) is 0 Å². The van der Waals surface area contributed by atoms with Crippen LogP contribution in [0.4, 0.5) is 11.4 Å². The molecule has 218 valence electrons.